The van der Waals surface area contributed by atoms with Crippen LogP contribution in [0.15, 0.2) is 39.7 Å². The average molecular weight is 440 g/mol. The summed E-state index contributed by atoms with van der Waals surface area (Å²) in [5.74, 6) is 5.58. The summed E-state index contributed by atoms with van der Waals surface area (Å²) in [6.45, 7) is 0. The molecule has 1 aromatic heterocycles. The lowest BCUT2D eigenvalue weighted by Crippen LogP contribution is -2.55. The van der Waals surface area contributed by atoms with Gasteiger partial charge in [0.2, 0.25) is 0 Å². The molecule has 2 aromatic rings. The Hall–Kier alpha value is -2.34. The number of hydrogen-bond acceptors (Lipinski definition) is 5. The van der Waals surface area contributed by atoms with Crippen molar-refractivity contribution in [2.75, 3.05) is 14.2 Å². The van der Waals surface area contributed by atoms with E-state index < -0.39 is 0 Å². The third-order valence-corrected chi connectivity index (χ3v) is 7.63. The molecule has 1 heterocycles. The summed E-state index contributed by atoms with van der Waals surface area (Å²) >= 11 is 4.48. The molecule has 4 fully saturated rings. The molecular formula is C25H29NO4S. The van der Waals surface area contributed by atoms with Crippen LogP contribution in [-0.2, 0) is 4.79 Å². The van der Waals surface area contributed by atoms with E-state index >= 15 is 0 Å². The maximum Gasteiger partial charge on any atom is 0.257 e. The third-order valence-electron chi connectivity index (χ3n) is 7.30. The van der Waals surface area contributed by atoms with E-state index in [9.17, 15) is 4.79 Å². The fourth-order valence-electron chi connectivity index (χ4n) is 6.12. The van der Waals surface area contributed by atoms with Crippen molar-refractivity contribution in [3.63, 3.8) is 0 Å². The minimum absolute atomic E-state index is 0.109. The molecule has 4 bridgehead atoms. The van der Waals surface area contributed by atoms with E-state index in [0.717, 1.165) is 17.4 Å². The van der Waals surface area contributed by atoms with E-state index in [0.29, 0.717) is 45.8 Å². The largest absolute Gasteiger partial charge is 0.497 e. The highest BCUT2D eigenvalue weighted by Crippen LogP contribution is 2.53. The number of carbonyl (C=O) groups excluding carboxylic acids is 1. The van der Waals surface area contributed by atoms with Gasteiger partial charge in [0, 0.05) is 17.7 Å². The molecule has 0 aliphatic heterocycles. The summed E-state index contributed by atoms with van der Waals surface area (Å²) in [6.07, 6.45) is 8.19. The highest BCUT2D eigenvalue weighted by molar-refractivity contribution is 7.85. The molecule has 6 heteroatoms. The maximum absolute atomic E-state index is 12.9. The number of rotatable bonds is 6. The Labute approximate surface area is 188 Å². The van der Waals surface area contributed by atoms with Crippen LogP contribution >= 0.6 is 12.6 Å². The molecule has 1 N–H and O–H groups in total. The van der Waals surface area contributed by atoms with Crippen LogP contribution in [0.5, 0.6) is 11.5 Å². The van der Waals surface area contributed by atoms with E-state index in [-0.39, 0.29) is 5.91 Å². The second-order valence-corrected chi connectivity index (χ2v) is 9.74. The average Bonchev–Trinajstić information content (AvgIpc) is 3.23. The van der Waals surface area contributed by atoms with Crippen LogP contribution in [0.4, 0.5) is 0 Å². The second-order valence-electron chi connectivity index (χ2n) is 9.26. The fourth-order valence-corrected chi connectivity index (χ4v) is 6.31. The van der Waals surface area contributed by atoms with Crippen molar-refractivity contribution >= 4 is 24.6 Å². The molecule has 0 atom stereocenters. The lowest BCUT2D eigenvalue weighted by Gasteiger charge is -2.54. The van der Waals surface area contributed by atoms with Crippen LogP contribution in [0.1, 0.15) is 37.9 Å². The van der Waals surface area contributed by atoms with Gasteiger partial charge >= 0.3 is 0 Å². The van der Waals surface area contributed by atoms with Crippen LogP contribution in [0.2, 0.25) is 0 Å². The SMILES string of the molecule is COc1cc(OC)cc(-c2ccc(/C=C(\S)C(=O)NC3C4CC5CC(C4)CC3C5)o2)c1. The monoisotopic (exact) mass is 439 g/mol. The van der Waals surface area contributed by atoms with Crippen LogP contribution in [0.25, 0.3) is 17.4 Å². The van der Waals surface area contributed by atoms with Crippen LogP contribution in [0.3, 0.4) is 0 Å². The van der Waals surface area contributed by atoms with Gasteiger partial charge in [0.1, 0.15) is 23.0 Å². The standard InChI is InChI=1S/C25H29NO4S/c1-28-20-10-16(11-21(12-20)29-2)22-4-3-19(30-22)13-23(31)25(27)26-24-17-6-14-5-15(8-17)9-18(24)7-14/h3-4,10-15,17-18,24,31H,5-9H2,1-2H3,(H,26,27)/b23-13-. The quantitative estimate of drug-likeness (QED) is 0.481. The van der Waals surface area contributed by atoms with Crippen molar-refractivity contribution in [1.82, 2.24) is 5.32 Å². The van der Waals surface area contributed by atoms with E-state index in [4.69, 9.17) is 13.9 Å². The molecule has 0 radical (unpaired) electrons. The Balaban J connectivity index is 1.29. The Bertz CT molecular complexity index is 960. The van der Waals surface area contributed by atoms with Crippen molar-refractivity contribution in [3.8, 4) is 22.8 Å². The minimum atomic E-state index is -0.109. The van der Waals surface area contributed by atoms with Crippen molar-refractivity contribution in [1.29, 1.82) is 0 Å². The van der Waals surface area contributed by atoms with E-state index in [1.165, 1.54) is 32.1 Å². The molecule has 1 aromatic carbocycles. The maximum atomic E-state index is 12.9. The zero-order valence-electron chi connectivity index (χ0n) is 18.0. The van der Waals surface area contributed by atoms with E-state index in [1.807, 2.05) is 30.3 Å². The number of hydrogen-bond donors (Lipinski definition) is 2. The zero-order chi connectivity index (χ0) is 21.5. The topological polar surface area (TPSA) is 60.7 Å². The molecule has 0 saturated heterocycles. The zero-order valence-corrected chi connectivity index (χ0v) is 18.9. The van der Waals surface area contributed by atoms with Crippen LogP contribution in [0, 0.1) is 23.7 Å². The molecule has 4 saturated carbocycles. The molecule has 0 unspecified atom stereocenters. The van der Waals surface area contributed by atoms with Gasteiger partial charge in [-0.2, -0.15) is 0 Å². The summed E-state index contributed by atoms with van der Waals surface area (Å²) in [5, 5.41) is 3.29. The third kappa shape index (κ3) is 4.10. The smallest absolute Gasteiger partial charge is 0.257 e. The number of amides is 1. The molecule has 4 aliphatic rings. The van der Waals surface area contributed by atoms with Gasteiger partial charge < -0.3 is 19.2 Å². The number of furan rings is 1. The van der Waals surface area contributed by atoms with Gasteiger partial charge in [0.25, 0.3) is 5.91 Å². The highest BCUT2D eigenvalue weighted by Gasteiger charge is 2.48. The molecule has 6 rings (SSSR count). The second kappa shape index (κ2) is 8.30. The molecule has 164 valence electrons. The molecular weight excluding hydrogens is 410 g/mol. The number of nitrogens with one attached hydrogen (secondary N) is 1. The summed E-state index contributed by atoms with van der Waals surface area (Å²) in [7, 11) is 3.23. The van der Waals surface area contributed by atoms with Crippen molar-refractivity contribution in [2.24, 2.45) is 23.7 Å². The highest BCUT2D eigenvalue weighted by atomic mass is 32.1. The summed E-state index contributed by atoms with van der Waals surface area (Å²) in [5.41, 5.74) is 0.842. The lowest BCUT2D eigenvalue weighted by molar-refractivity contribution is -0.120. The van der Waals surface area contributed by atoms with Crippen LogP contribution in [-0.4, -0.2) is 26.2 Å². The van der Waals surface area contributed by atoms with Crippen LogP contribution < -0.4 is 14.8 Å². The normalized spacial score (nSPS) is 29.1. The van der Waals surface area contributed by atoms with Gasteiger partial charge in [-0.05, 0) is 86.1 Å². The van der Waals surface area contributed by atoms with Gasteiger partial charge in [0.15, 0.2) is 0 Å². The molecule has 31 heavy (non-hydrogen) atoms. The number of methoxy groups -OCH3 is 2. The van der Waals surface area contributed by atoms with Gasteiger partial charge in [-0.25, -0.2) is 0 Å². The van der Waals surface area contributed by atoms with E-state index in [1.54, 1.807) is 20.3 Å². The molecule has 0 spiro atoms. The predicted octanol–water partition coefficient (Wildman–Crippen LogP) is 5.18. The number of benzene rings is 1. The molecule has 1 amide bonds. The van der Waals surface area contributed by atoms with E-state index in [2.05, 4.69) is 17.9 Å². The Morgan fingerprint density at radius 1 is 1.00 bits per heavy atom. The summed E-state index contributed by atoms with van der Waals surface area (Å²) in [4.78, 5) is 13.2. The number of thiol groups is 1. The first kappa shape index (κ1) is 20.6. The predicted molar refractivity (Wildman–Crippen MR) is 123 cm³/mol. The number of ether oxygens (including phenoxy) is 2. The van der Waals surface area contributed by atoms with Crippen molar-refractivity contribution in [2.45, 2.75) is 38.1 Å². The first-order chi connectivity index (χ1) is 15.0. The summed E-state index contributed by atoms with van der Waals surface area (Å²) in [6, 6.07) is 9.59. The van der Waals surface area contributed by atoms with Crippen molar-refractivity contribution < 1.29 is 18.7 Å². The Kier molecular flexibility index (Phi) is 5.51. The first-order valence-electron chi connectivity index (χ1n) is 11.1. The first-order valence-corrected chi connectivity index (χ1v) is 11.5. The molecule has 4 aliphatic carbocycles. The van der Waals surface area contributed by atoms with Gasteiger partial charge in [-0.3, -0.25) is 4.79 Å². The Morgan fingerprint density at radius 2 is 1.61 bits per heavy atom. The fraction of sp³-hybridized carbons (Fsp3) is 0.480. The lowest BCUT2D eigenvalue weighted by atomic mass is 9.54. The van der Waals surface area contributed by atoms with Gasteiger partial charge in [0.05, 0.1) is 19.1 Å². The van der Waals surface area contributed by atoms with Gasteiger partial charge in [-0.1, -0.05) is 0 Å². The van der Waals surface area contributed by atoms with Gasteiger partial charge in [-0.15, -0.1) is 12.6 Å². The van der Waals surface area contributed by atoms with Crippen molar-refractivity contribution in [3.05, 3.63) is 41.0 Å². The number of carbonyl (C=O) groups is 1. The minimum Gasteiger partial charge on any atom is -0.497 e. The summed E-state index contributed by atoms with van der Waals surface area (Å²) < 4.78 is 16.6. The molecule has 5 nitrogen and oxygen atoms in total. The Morgan fingerprint density at radius 3 is 2.19 bits per heavy atom.